The second-order valence-electron chi connectivity index (χ2n) is 5.53. The third-order valence-corrected chi connectivity index (χ3v) is 3.65. The number of carbonyl (C=O) groups excluding carboxylic acids is 1. The van der Waals surface area contributed by atoms with Gasteiger partial charge in [-0.25, -0.2) is 9.97 Å². The lowest BCUT2D eigenvalue weighted by Crippen LogP contribution is -2.22. The van der Waals surface area contributed by atoms with E-state index < -0.39 is 0 Å². The molecule has 0 spiro atoms. The summed E-state index contributed by atoms with van der Waals surface area (Å²) in [5.74, 6) is 0.283. The van der Waals surface area contributed by atoms with Gasteiger partial charge in [0.25, 0.3) is 5.91 Å². The molecule has 0 saturated heterocycles. The van der Waals surface area contributed by atoms with Gasteiger partial charge < -0.3 is 10.2 Å². The Morgan fingerprint density at radius 3 is 2.64 bits per heavy atom. The number of nitrogens with zero attached hydrogens (tertiary/aromatic N) is 4. The highest BCUT2D eigenvalue weighted by atomic mass is 35.5. The second-order valence-corrected chi connectivity index (χ2v) is 5.97. The average Bonchev–Trinajstić information content (AvgIpc) is 2.61. The Morgan fingerprint density at radius 2 is 1.88 bits per heavy atom. The Bertz CT molecular complexity index is 913. The van der Waals surface area contributed by atoms with Crippen molar-refractivity contribution in [3.05, 3.63) is 65.6 Å². The minimum atomic E-state index is -0.159. The van der Waals surface area contributed by atoms with Gasteiger partial charge in [0.2, 0.25) is 5.95 Å². The summed E-state index contributed by atoms with van der Waals surface area (Å²) >= 11 is 5.99. The van der Waals surface area contributed by atoms with Crippen LogP contribution in [-0.4, -0.2) is 39.9 Å². The molecule has 0 atom stereocenters. The number of anilines is 2. The molecular weight excluding hydrogens is 338 g/mol. The van der Waals surface area contributed by atoms with Crippen LogP contribution >= 0.6 is 11.6 Å². The number of nitrogens with one attached hydrogen (secondary N) is 1. The van der Waals surface area contributed by atoms with Crippen LogP contribution in [0.1, 0.15) is 10.5 Å². The third-order valence-electron chi connectivity index (χ3n) is 3.42. The van der Waals surface area contributed by atoms with Crippen LogP contribution in [-0.2, 0) is 0 Å². The van der Waals surface area contributed by atoms with E-state index in [1.807, 2.05) is 12.1 Å². The van der Waals surface area contributed by atoms with Gasteiger partial charge in [-0.1, -0.05) is 17.7 Å². The predicted octanol–water partition coefficient (Wildman–Crippen LogP) is 3.64. The summed E-state index contributed by atoms with van der Waals surface area (Å²) in [6.07, 6.45) is 3.25. The Morgan fingerprint density at radius 1 is 1.08 bits per heavy atom. The van der Waals surface area contributed by atoms with E-state index in [4.69, 9.17) is 11.6 Å². The summed E-state index contributed by atoms with van der Waals surface area (Å²) in [5.41, 5.74) is 2.64. The van der Waals surface area contributed by atoms with Gasteiger partial charge in [-0.15, -0.1) is 0 Å². The summed E-state index contributed by atoms with van der Waals surface area (Å²) in [6, 6.07) is 12.6. The van der Waals surface area contributed by atoms with Crippen LogP contribution < -0.4 is 5.32 Å². The fraction of sp³-hybridized carbons (Fsp3) is 0.111. The van der Waals surface area contributed by atoms with Gasteiger partial charge in [-0.3, -0.25) is 9.78 Å². The Hall–Kier alpha value is -2.99. The summed E-state index contributed by atoms with van der Waals surface area (Å²) < 4.78 is 0. The number of pyridine rings is 1. The first-order valence-electron chi connectivity index (χ1n) is 7.56. The molecule has 0 aliphatic rings. The monoisotopic (exact) mass is 353 g/mol. The van der Waals surface area contributed by atoms with Gasteiger partial charge in [-0.2, -0.15) is 0 Å². The molecule has 3 aromatic rings. The number of rotatable bonds is 4. The van der Waals surface area contributed by atoms with Crippen LogP contribution in [0, 0.1) is 0 Å². The van der Waals surface area contributed by atoms with Crippen LogP contribution in [0.4, 0.5) is 11.6 Å². The van der Waals surface area contributed by atoms with E-state index in [2.05, 4.69) is 20.3 Å². The van der Waals surface area contributed by atoms with Gasteiger partial charge in [0, 0.05) is 42.8 Å². The van der Waals surface area contributed by atoms with Gasteiger partial charge in [-0.05, 0) is 36.4 Å². The van der Waals surface area contributed by atoms with Crippen molar-refractivity contribution in [3.63, 3.8) is 0 Å². The third kappa shape index (κ3) is 4.10. The molecule has 0 radical (unpaired) electrons. The van der Waals surface area contributed by atoms with E-state index in [0.29, 0.717) is 22.4 Å². The number of amides is 1. The van der Waals surface area contributed by atoms with Gasteiger partial charge in [0.05, 0.1) is 5.69 Å². The fourth-order valence-electron chi connectivity index (χ4n) is 2.21. The summed E-state index contributed by atoms with van der Waals surface area (Å²) in [4.78, 5) is 26.4. The Labute approximate surface area is 150 Å². The van der Waals surface area contributed by atoms with Crippen LogP contribution in [0.3, 0.4) is 0 Å². The van der Waals surface area contributed by atoms with Gasteiger partial charge >= 0.3 is 0 Å². The number of benzene rings is 1. The molecule has 1 N–H and O–H groups in total. The topological polar surface area (TPSA) is 71.0 Å². The molecule has 0 aliphatic heterocycles. The van der Waals surface area contributed by atoms with E-state index >= 15 is 0 Å². The molecule has 126 valence electrons. The van der Waals surface area contributed by atoms with Crippen molar-refractivity contribution in [1.29, 1.82) is 0 Å². The van der Waals surface area contributed by atoms with Crippen molar-refractivity contribution in [1.82, 2.24) is 19.9 Å². The van der Waals surface area contributed by atoms with Crippen LogP contribution in [0.25, 0.3) is 11.3 Å². The van der Waals surface area contributed by atoms with E-state index in [1.165, 1.54) is 4.90 Å². The molecule has 6 nitrogen and oxygen atoms in total. The molecule has 0 saturated carbocycles. The highest BCUT2D eigenvalue weighted by molar-refractivity contribution is 6.30. The molecule has 0 bridgehead atoms. The molecule has 3 rings (SSSR count). The zero-order valence-electron chi connectivity index (χ0n) is 13.8. The van der Waals surface area contributed by atoms with E-state index in [1.54, 1.807) is 56.8 Å². The molecule has 1 amide bonds. The lowest BCUT2D eigenvalue weighted by atomic mass is 10.1. The number of carbonyl (C=O) groups is 1. The zero-order valence-corrected chi connectivity index (χ0v) is 14.5. The first-order chi connectivity index (χ1) is 12.0. The summed E-state index contributed by atoms with van der Waals surface area (Å²) in [7, 11) is 3.38. The highest BCUT2D eigenvalue weighted by Gasteiger charge is 2.11. The maximum Gasteiger partial charge on any atom is 0.271 e. The van der Waals surface area contributed by atoms with Crippen LogP contribution in [0.5, 0.6) is 0 Å². The molecular formula is C18H16ClN5O. The van der Waals surface area contributed by atoms with Crippen molar-refractivity contribution >= 4 is 29.1 Å². The van der Waals surface area contributed by atoms with E-state index in [-0.39, 0.29) is 5.91 Å². The van der Waals surface area contributed by atoms with Crippen molar-refractivity contribution in [2.24, 2.45) is 0 Å². The molecule has 2 aromatic heterocycles. The minimum absolute atomic E-state index is 0.159. The summed E-state index contributed by atoms with van der Waals surface area (Å²) in [5, 5.41) is 3.74. The van der Waals surface area contributed by atoms with E-state index in [9.17, 15) is 4.79 Å². The van der Waals surface area contributed by atoms with Crippen molar-refractivity contribution in [2.45, 2.75) is 0 Å². The first kappa shape index (κ1) is 16.9. The maximum atomic E-state index is 12.1. The largest absolute Gasteiger partial charge is 0.343 e. The smallest absolute Gasteiger partial charge is 0.271 e. The lowest BCUT2D eigenvalue weighted by Gasteiger charge is -2.10. The van der Waals surface area contributed by atoms with Crippen molar-refractivity contribution in [2.75, 3.05) is 19.4 Å². The summed E-state index contributed by atoms with van der Waals surface area (Å²) in [6.45, 7) is 0. The molecule has 2 heterocycles. The predicted molar refractivity (Wildman–Crippen MR) is 98.0 cm³/mol. The Kier molecular flexibility index (Phi) is 4.90. The van der Waals surface area contributed by atoms with E-state index in [0.717, 1.165) is 11.3 Å². The SMILES string of the molecule is CN(C)C(=O)c1cc(-c2ccnc(Nc3cccc(Cl)c3)n2)ccn1. The molecule has 0 unspecified atom stereocenters. The quantitative estimate of drug-likeness (QED) is 0.775. The minimum Gasteiger partial charge on any atom is -0.343 e. The van der Waals surface area contributed by atoms with Crippen molar-refractivity contribution < 1.29 is 4.79 Å². The van der Waals surface area contributed by atoms with Crippen LogP contribution in [0.2, 0.25) is 5.02 Å². The molecule has 0 fully saturated rings. The van der Waals surface area contributed by atoms with Gasteiger partial charge in [0.1, 0.15) is 5.69 Å². The fourth-order valence-corrected chi connectivity index (χ4v) is 2.40. The number of aromatic nitrogens is 3. The first-order valence-corrected chi connectivity index (χ1v) is 7.94. The standard InChI is InChI=1S/C18H16ClN5O/c1-24(2)17(25)16-10-12(6-8-20-16)15-7-9-21-18(23-15)22-14-5-3-4-13(19)11-14/h3-11H,1-2H3,(H,21,22,23). The number of halogens is 1. The van der Waals surface area contributed by atoms with Gasteiger partial charge in [0.15, 0.2) is 0 Å². The second kappa shape index (κ2) is 7.27. The highest BCUT2D eigenvalue weighted by Crippen LogP contribution is 2.21. The molecule has 1 aromatic carbocycles. The maximum absolute atomic E-state index is 12.1. The van der Waals surface area contributed by atoms with Crippen LogP contribution in [0.15, 0.2) is 54.9 Å². The zero-order chi connectivity index (χ0) is 17.8. The lowest BCUT2D eigenvalue weighted by molar-refractivity contribution is 0.0822. The molecule has 7 heteroatoms. The number of hydrogen-bond acceptors (Lipinski definition) is 5. The molecule has 25 heavy (non-hydrogen) atoms. The molecule has 0 aliphatic carbocycles. The van der Waals surface area contributed by atoms with Crippen molar-refractivity contribution in [3.8, 4) is 11.3 Å². The Balaban J connectivity index is 1.89. The normalized spacial score (nSPS) is 10.4. The number of hydrogen-bond donors (Lipinski definition) is 1. The average molecular weight is 354 g/mol.